The van der Waals surface area contributed by atoms with Gasteiger partial charge in [-0.05, 0) is 43.0 Å². The van der Waals surface area contributed by atoms with Gasteiger partial charge in [-0.15, -0.1) is 0 Å². The molecule has 3 heteroatoms. The summed E-state index contributed by atoms with van der Waals surface area (Å²) in [6.45, 7) is 3.75. The Morgan fingerprint density at radius 1 is 1.25 bits per heavy atom. The van der Waals surface area contributed by atoms with Gasteiger partial charge in [0.15, 0.2) is 5.78 Å². The topological polar surface area (TPSA) is 46.3 Å². The van der Waals surface area contributed by atoms with Crippen molar-refractivity contribution in [3.63, 3.8) is 0 Å². The fourth-order valence-corrected chi connectivity index (χ4v) is 2.69. The number of nitrogens with zero attached hydrogens (tertiary/aromatic N) is 1. The van der Waals surface area contributed by atoms with E-state index in [0.29, 0.717) is 17.9 Å². The van der Waals surface area contributed by atoms with Gasteiger partial charge in [0.25, 0.3) is 0 Å². The Hall–Kier alpha value is -1.35. The quantitative estimate of drug-likeness (QED) is 0.758. The van der Waals surface area contributed by atoms with Gasteiger partial charge in [0.1, 0.15) is 0 Å². The number of benzene rings is 1. The van der Waals surface area contributed by atoms with E-state index >= 15 is 0 Å². The van der Waals surface area contributed by atoms with Crippen LogP contribution in [0.2, 0.25) is 0 Å². The van der Waals surface area contributed by atoms with Gasteiger partial charge in [-0.25, -0.2) is 0 Å². The Balaban J connectivity index is 1.74. The summed E-state index contributed by atoms with van der Waals surface area (Å²) in [5, 5.41) is 0. The smallest absolute Gasteiger partial charge is 0.159 e. The molecule has 84 valence electrons. The highest BCUT2D eigenvalue weighted by Crippen LogP contribution is 2.45. The van der Waals surface area contributed by atoms with Crippen molar-refractivity contribution in [1.82, 2.24) is 0 Å². The molecule has 3 rings (SSSR count). The van der Waals surface area contributed by atoms with E-state index in [1.54, 1.807) is 6.92 Å². The average molecular weight is 216 g/mol. The molecule has 1 heterocycles. The summed E-state index contributed by atoms with van der Waals surface area (Å²) in [6, 6.07) is 8.32. The number of Topliss-reactive ketones (excluding diaryl/α,β-unsaturated/α-hetero) is 1. The number of rotatable bonds is 2. The van der Waals surface area contributed by atoms with Crippen LogP contribution in [0.1, 0.15) is 17.3 Å². The number of anilines is 1. The minimum absolute atomic E-state index is 0.123. The molecule has 0 spiro atoms. The second kappa shape index (κ2) is 3.32. The van der Waals surface area contributed by atoms with E-state index in [1.165, 1.54) is 5.69 Å². The molecule has 1 aliphatic heterocycles. The number of ketones is 1. The summed E-state index contributed by atoms with van der Waals surface area (Å²) in [5.41, 5.74) is 7.90. The van der Waals surface area contributed by atoms with Crippen LogP contribution in [0.4, 0.5) is 5.69 Å². The SMILES string of the molecule is CC(=O)c1ccc(N2CC3C(N)C3C2)cc1. The first kappa shape index (κ1) is 9.85. The highest BCUT2D eigenvalue weighted by Gasteiger charge is 2.53. The highest BCUT2D eigenvalue weighted by atomic mass is 16.1. The number of carbonyl (C=O) groups excluding carboxylic acids is 1. The first-order valence-electron chi connectivity index (χ1n) is 5.78. The number of piperidine rings is 1. The molecular formula is C13H16N2O. The van der Waals surface area contributed by atoms with Gasteiger partial charge in [-0.3, -0.25) is 4.79 Å². The fourth-order valence-electron chi connectivity index (χ4n) is 2.69. The number of hydrogen-bond donors (Lipinski definition) is 1. The van der Waals surface area contributed by atoms with Crippen molar-refractivity contribution >= 4 is 11.5 Å². The molecule has 1 aromatic rings. The van der Waals surface area contributed by atoms with Crippen LogP contribution in [-0.4, -0.2) is 24.9 Å². The summed E-state index contributed by atoms with van der Waals surface area (Å²) in [6.07, 6.45) is 0. The van der Waals surface area contributed by atoms with Gasteiger partial charge in [0.2, 0.25) is 0 Å². The van der Waals surface area contributed by atoms with Gasteiger partial charge in [-0.2, -0.15) is 0 Å². The Labute approximate surface area is 95.2 Å². The molecule has 0 aromatic heterocycles. The molecule has 1 saturated heterocycles. The largest absolute Gasteiger partial charge is 0.371 e. The van der Waals surface area contributed by atoms with Crippen molar-refractivity contribution < 1.29 is 4.79 Å². The van der Waals surface area contributed by atoms with Crippen molar-refractivity contribution in [1.29, 1.82) is 0 Å². The van der Waals surface area contributed by atoms with Crippen LogP contribution in [0.25, 0.3) is 0 Å². The Morgan fingerprint density at radius 3 is 2.31 bits per heavy atom. The van der Waals surface area contributed by atoms with Crippen LogP contribution in [-0.2, 0) is 0 Å². The third kappa shape index (κ3) is 1.43. The summed E-state index contributed by atoms with van der Waals surface area (Å²) in [4.78, 5) is 13.5. The van der Waals surface area contributed by atoms with Gasteiger partial charge in [0, 0.05) is 30.4 Å². The molecule has 0 bridgehead atoms. The van der Waals surface area contributed by atoms with Gasteiger partial charge < -0.3 is 10.6 Å². The molecule has 2 atom stereocenters. The third-order valence-corrected chi connectivity index (χ3v) is 3.90. The van der Waals surface area contributed by atoms with E-state index in [-0.39, 0.29) is 5.78 Å². The molecule has 2 aliphatic rings. The Morgan fingerprint density at radius 2 is 1.81 bits per heavy atom. The minimum atomic E-state index is 0.123. The van der Waals surface area contributed by atoms with Gasteiger partial charge >= 0.3 is 0 Å². The lowest BCUT2D eigenvalue weighted by molar-refractivity contribution is 0.101. The van der Waals surface area contributed by atoms with Crippen LogP contribution in [0.3, 0.4) is 0 Å². The lowest BCUT2D eigenvalue weighted by Gasteiger charge is -2.21. The van der Waals surface area contributed by atoms with E-state index in [9.17, 15) is 4.79 Å². The van der Waals surface area contributed by atoms with Crippen molar-refractivity contribution in [2.24, 2.45) is 17.6 Å². The van der Waals surface area contributed by atoms with Gasteiger partial charge in [0.05, 0.1) is 0 Å². The Bertz CT molecular complexity index is 414. The van der Waals surface area contributed by atoms with Crippen molar-refractivity contribution in [2.45, 2.75) is 13.0 Å². The molecule has 2 fully saturated rings. The maximum Gasteiger partial charge on any atom is 0.159 e. The van der Waals surface area contributed by atoms with Crippen LogP contribution in [0.5, 0.6) is 0 Å². The van der Waals surface area contributed by atoms with Crippen LogP contribution >= 0.6 is 0 Å². The molecular weight excluding hydrogens is 200 g/mol. The van der Waals surface area contributed by atoms with E-state index < -0.39 is 0 Å². The highest BCUT2D eigenvalue weighted by molar-refractivity contribution is 5.94. The van der Waals surface area contributed by atoms with Gasteiger partial charge in [-0.1, -0.05) is 0 Å². The second-order valence-corrected chi connectivity index (χ2v) is 4.91. The molecule has 1 aromatic carbocycles. The zero-order chi connectivity index (χ0) is 11.3. The molecule has 16 heavy (non-hydrogen) atoms. The lowest BCUT2D eigenvalue weighted by Crippen LogP contribution is -2.27. The minimum Gasteiger partial charge on any atom is -0.371 e. The summed E-state index contributed by atoms with van der Waals surface area (Å²) < 4.78 is 0. The predicted molar refractivity (Wildman–Crippen MR) is 63.6 cm³/mol. The number of hydrogen-bond acceptors (Lipinski definition) is 3. The maximum atomic E-state index is 11.1. The maximum absolute atomic E-state index is 11.1. The zero-order valence-electron chi connectivity index (χ0n) is 9.39. The zero-order valence-corrected chi connectivity index (χ0v) is 9.39. The molecule has 1 saturated carbocycles. The van der Waals surface area contributed by atoms with Crippen LogP contribution in [0.15, 0.2) is 24.3 Å². The van der Waals surface area contributed by atoms with Crippen molar-refractivity contribution in [3.05, 3.63) is 29.8 Å². The monoisotopic (exact) mass is 216 g/mol. The normalized spacial score (nSPS) is 31.4. The Kier molecular flexibility index (Phi) is 2.04. The van der Waals surface area contributed by atoms with Crippen LogP contribution < -0.4 is 10.6 Å². The van der Waals surface area contributed by atoms with E-state index in [4.69, 9.17) is 5.73 Å². The van der Waals surface area contributed by atoms with E-state index in [2.05, 4.69) is 4.90 Å². The summed E-state index contributed by atoms with van der Waals surface area (Å²) >= 11 is 0. The summed E-state index contributed by atoms with van der Waals surface area (Å²) in [5.74, 6) is 1.53. The molecule has 0 amide bonds. The van der Waals surface area contributed by atoms with E-state index in [0.717, 1.165) is 18.7 Å². The standard InChI is InChI=1S/C13H16N2O/c1-8(16)9-2-4-10(5-3-9)15-6-11-12(7-15)13(11)14/h2-5,11-13H,6-7,14H2,1H3. The van der Waals surface area contributed by atoms with E-state index in [1.807, 2.05) is 24.3 Å². The molecule has 1 aliphatic carbocycles. The molecule has 3 nitrogen and oxygen atoms in total. The number of fused-ring (bicyclic) bond motifs is 1. The predicted octanol–water partition coefficient (Wildman–Crippen LogP) is 1.28. The first-order chi connectivity index (χ1) is 7.66. The number of nitrogens with two attached hydrogens (primary N) is 1. The van der Waals surface area contributed by atoms with Crippen LogP contribution in [0, 0.1) is 11.8 Å². The lowest BCUT2D eigenvalue weighted by atomic mass is 10.1. The van der Waals surface area contributed by atoms with Crippen molar-refractivity contribution in [2.75, 3.05) is 18.0 Å². The molecule has 2 unspecified atom stereocenters. The molecule has 2 N–H and O–H groups in total. The van der Waals surface area contributed by atoms with Crippen molar-refractivity contribution in [3.8, 4) is 0 Å². The molecule has 0 radical (unpaired) electrons. The third-order valence-electron chi connectivity index (χ3n) is 3.90. The fraction of sp³-hybridized carbons (Fsp3) is 0.462. The second-order valence-electron chi connectivity index (χ2n) is 4.91. The average Bonchev–Trinajstić information content (AvgIpc) is 2.75. The first-order valence-corrected chi connectivity index (χ1v) is 5.78. The summed E-state index contributed by atoms with van der Waals surface area (Å²) in [7, 11) is 0. The number of carbonyl (C=O) groups is 1.